The molecule has 0 aliphatic heterocycles. The average molecular weight is 871 g/mol. The van der Waals surface area contributed by atoms with E-state index in [1.807, 2.05) is 0 Å². The van der Waals surface area contributed by atoms with Gasteiger partial charge < -0.3 is 83.4 Å². The number of aliphatic hydroxyl groups excluding tert-OH is 1. The molecule has 28 nitrogen and oxygen atoms in total. The van der Waals surface area contributed by atoms with Crippen LogP contribution in [0.1, 0.15) is 26.7 Å². The predicted molar refractivity (Wildman–Crippen MR) is 157 cm³/mol. The molecule has 0 aromatic rings. The first-order valence-electron chi connectivity index (χ1n) is 12.2. The van der Waals surface area contributed by atoms with E-state index in [0.29, 0.717) is 13.8 Å². The molecule has 0 atom stereocenters. The van der Waals surface area contributed by atoms with E-state index >= 15 is 0 Å². The van der Waals surface area contributed by atoms with Gasteiger partial charge in [0, 0.05) is 13.2 Å². The summed E-state index contributed by atoms with van der Waals surface area (Å²) >= 11 is 0. The van der Waals surface area contributed by atoms with Crippen LogP contribution < -0.4 is 0 Å². The van der Waals surface area contributed by atoms with Crippen molar-refractivity contribution in [1.29, 1.82) is 0 Å². The van der Waals surface area contributed by atoms with E-state index in [1.165, 1.54) is 0 Å². The molecule has 0 aliphatic carbocycles. The third kappa shape index (κ3) is 9.58. The van der Waals surface area contributed by atoms with Gasteiger partial charge in [-0.2, -0.15) is 0 Å². The molecule has 0 unspecified atom stereocenters. The lowest BCUT2D eigenvalue weighted by Gasteiger charge is -2.59. The molecule has 290 valence electrons. The van der Waals surface area contributed by atoms with Gasteiger partial charge in [-0.3, -0.25) is 36.5 Å². The molecule has 0 bridgehead atoms. The number of hydrogen-bond acceptors (Lipinski definition) is 12. The first-order valence-corrected chi connectivity index (χ1v) is 25.4. The van der Waals surface area contributed by atoms with Crippen molar-refractivity contribution in [2.45, 2.75) is 48.0 Å². The molecule has 0 aromatic carbocycles. The Morgan fingerprint density at radius 3 is 0.833 bits per heavy atom. The van der Waals surface area contributed by atoms with Crippen LogP contribution in [-0.2, 0) is 36.5 Å². The zero-order valence-corrected chi connectivity index (χ0v) is 31.3. The van der Waals surface area contributed by atoms with Gasteiger partial charge in [-0.05, 0) is 25.9 Å². The highest BCUT2D eigenvalue weighted by Crippen LogP contribution is 2.83. The fraction of sp³-hybridized carbons (Fsp3) is 1.00. The van der Waals surface area contributed by atoms with Gasteiger partial charge in [0.05, 0.1) is 0 Å². The van der Waals surface area contributed by atoms with E-state index < -0.39 is 136 Å². The number of aliphatic hydroxyl groups is 1. The molecular formula is C12H37N3O25P8. The molecule has 0 aromatic heterocycles. The Balaban J connectivity index is 9.81. The lowest BCUT2D eigenvalue weighted by Crippen LogP contribution is -2.73. The Morgan fingerprint density at radius 2 is 0.688 bits per heavy atom. The Morgan fingerprint density at radius 1 is 0.458 bits per heavy atom. The lowest BCUT2D eigenvalue weighted by molar-refractivity contribution is -0.0612. The summed E-state index contributed by atoms with van der Waals surface area (Å²) in [6.07, 6.45) is -2.03. The van der Waals surface area contributed by atoms with Gasteiger partial charge >= 0.3 is 60.8 Å². The van der Waals surface area contributed by atoms with E-state index in [0.717, 1.165) is 0 Å². The van der Waals surface area contributed by atoms with Crippen molar-refractivity contribution in [3.05, 3.63) is 0 Å². The Hall–Kier alpha value is 1.04. The maximum absolute atomic E-state index is 13.4. The van der Waals surface area contributed by atoms with E-state index in [-0.39, 0.29) is 0 Å². The summed E-state index contributed by atoms with van der Waals surface area (Å²) in [7, 11) is -57.3. The first kappa shape index (κ1) is 49.0. The second-order valence-corrected chi connectivity index (χ2v) is 24.6. The maximum Gasteiger partial charge on any atom is 0.373 e. The summed E-state index contributed by atoms with van der Waals surface area (Å²) in [5.74, 6) is 0. The van der Waals surface area contributed by atoms with Crippen LogP contribution in [0.3, 0.4) is 0 Å². The van der Waals surface area contributed by atoms with Crippen molar-refractivity contribution in [1.82, 2.24) is 14.7 Å². The number of rotatable bonds is 20. The van der Waals surface area contributed by atoms with Crippen LogP contribution in [0.5, 0.6) is 0 Å². The fourth-order valence-electron chi connectivity index (χ4n) is 5.01. The highest BCUT2D eigenvalue weighted by Gasteiger charge is 2.83. The van der Waals surface area contributed by atoms with Crippen LogP contribution in [0.4, 0.5) is 0 Å². The Kier molecular flexibility index (Phi) is 16.1. The van der Waals surface area contributed by atoms with Crippen LogP contribution in [0.2, 0.25) is 0 Å². The normalized spacial score (nSPS) is 15.8. The number of unbranched alkanes of at least 4 members (excludes halogenated alkanes) is 1. The van der Waals surface area contributed by atoms with E-state index in [2.05, 4.69) is 0 Å². The maximum atomic E-state index is 13.4. The number of nitrogens with zero attached hydrogens (tertiary/aromatic N) is 3. The van der Waals surface area contributed by atoms with Crippen molar-refractivity contribution >= 4 is 60.8 Å². The van der Waals surface area contributed by atoms with Gasteiger partial charge in [0.15, 0.2) is 0 Å². The van der Waals surface area contributed by atoms with Gasteiger partial charge in [0.25, 0.3) is 10.3 Å². The highest BCUT2D eigenvalue weighted by atomic mass is 31.3. The SMILES string of the molecule is CCN(C(P(=O)(O)O)P(=O)(O)O)C(N(CCCCO)C(N(CC)C(P(=O)(O)O)P(=O)(O)O)(P(=O)(O)O)P(=O)(O)O)(P(=O)(O)O)P(=O)(O)O. The minimum Gasteiger partial charge on any atom is -0.396 e. The van der Waals surface area contributed by atoms with Crippen molar-refractivity contribution in [2.75, 3.05) is 26.2 Å². The molecule has 17 N–H and O–H groups in total. The third-order valence-corrected chi connectivity index (χ3v) is 21.7. The van der Waals surface area contributed by atoms with Gasteiger partial charge in [-0.1, -0.05) is 13.8 Å². The first-order chi connectivity index (χ1) is 20.8. The van der Waals surface area contributed by atoms with Crippen molar-refractivity contribution in [3.63, 3.8) is 0 Å². The third-order valence-electron chi connectivity index (χ3n) is 6.29. The monoisotopic (exact) mass is 871 g/mol. The van der Waals surface area contributed by atoms with Crippen molar-refractivity contribution < 1.29 is 120 Å². The van der Waals surface area contributed by atoms with Crippen LogP contribution in [0, 0.1) is 0 Å². The highest BCUT2D eigenvalue weighted by molar-refractivity contribution is 7.75. The lowest BCUT2D eigenvalue weighted by atomic mass is 10.3. The molecular weight excluding hydrogens is 834 g/mol. The number of hydrogen-bond donors (Lipinski definition) is 17. The Labute approximate surface area is 269 Å². The molecule has 0 amide bonds. The summed E-state index contributed by atoms with van der Waals surface area (Å²) in [6, 6.07) is 0. The van der Waals surface area contributed by atoms with Gasteiger partial charge in [-0.25, -0.2) is 14.7 Å². The predicted octanol–water partition coefficient (Wildman–Crippen LogP) is -3.08. The molecule has 0 heterocycles. The van der Waals surface area contributed by atoms with Crippen molar-refractivity contribution in [3.8, 4) is 0 Å². The van der Waals surface area contributed by atoms with Gasteiger partial charge in [0.2, 0.25) is 11.0 Å². The quantitative estimate of drug-likeness (QED) is 0.0327. The molecule has 0 rings (SSSR count). The van der Waals surface area contributed by atoms with Crippen molar-refractivity contribution in [2.24, 2.45) is 0 Å². The van der Waals surface area contributed by atoms with E-state index in [4.69, 9.17) is 0 Å². The topological polar surface area (TPSA) is 490 Å². The summed E-state index contributed by atoms with van der Waals surface area (Å²) in [6.45, 7) is -5.98. The minimum atomic E-state index is -7.56. The molecule has 36 heteroatoms. The second kappa shape index (κ2) is 15.8. The van der Waals surface area contributed by atoms with Crippen LogP contribution in [0.25, 0.3) is 0 Å². The van der Waals surface area contributed by atoms with Crippen LogP contribution in [0.15, 0.2) is 0 Å². The van der Waals surface area contributed by atoms with Crippen LogP contribution >= 0.6 is 60.8 Å². The van der Waals surface area contributed by atoms with Crippen LogP contribution in [-0.4, -0.2) is 146 Å². The summed E-state index contributed by atoms with van der Waals surface area (Å²) in [5.41, 5.74) is -8.34. The van der Waals surface area contributed by atoms with E-state index in [1.54, 1.807) is 0 Å². The van der Waals surface area contributed by atoms with Gasteiger partial charge in [-0.15, -0.1) is 0 Å². The standard InChI is InChI=1S/C12H37N3O25P8/c1-3-13(9(41(17,18)19)42(20,21)22)11(45(29,30)31,46(32,33)34)15(7-5-6-8-16)12(47(35,36)37,48(38,39)40)14(4-2)10(43(23,24)25)44(26,27)28/h9-10,16H,3-8H2,1-2H3,(H2,17,18,19)(H2,20,21,22)(H2,23,24,25)(H2,26,27,28)(H2,29,30,31)(H2,32,33,34)(H2,35,36,37)(H2,38,39,40). The Bertz CT molecular complexity index is 1330. The zero-order chi connectivity index (χ0) is 39.1. The fourth-order valence-corrected chi connectivity index (χ4v) is 19.3. The van der Waals surface area contributed by atoms with E-state index in [9.17, 15) is 120 Å². The second-order valence-electron chi connectivity index (χ2n) is 9.58. The average Bonchev–Trinajstić information content (AvgIpc) is 2.75. The zero-order valence-electron chi connectivity index (χ0n) is 24.2. The summed E-state index contributed by atoms with van der Waals surface area (Å²) in [4.78, 5) is 160. The smallest absolute Gasteiger partial charge is 0.373 e. The molecule has 0 radical (unpaired) electrons. The molecule has 0 fully saturated rings. The summed E-state index contributed by atoms with van der Waals surface area (Å²) in [5, 5.41) is -1.81. The summed E-state index contributed by atoms with van der Waals surface area (Å²) < 4.78 is 104. The molecule has 0 spiro atoms. The molecule has 0 saturated carbocycles. The largest absolute Gasteiger partial charge is 0.396 e. The molecule has 48 heavy (non-hydrogen) atoms. The molecule has 0 aliphatic rings. The minimum absolute atomic E-state index is 0.409. The molecule has 0 saturated heterocycles. The van der Waals surface area contributed by atoms with Gasteiger partial charge in [0.1, 0.15) is 0 Å².